The summed E-state index contributed by atoms with van der Waals surface area (Å²) in [5.41, 5.74) is -0.772. The maximum atomic E-state index is 11.9. The van der Waals surface area contributed by atoms with Gasteiger partial charge in [-0.15, -0.1) is 0 Å². The Morgan fingerprint density at radius 3 is 2.53 bits per heavy atom. The van der Waals surface area contributed by atoms with Gasteiger partial charge in [0.2, 0.25) is 0 Å². The lowest BCUT2D eigenvalue weighted by molar-refractivity contribution is -0.131. The van der Waals surface area contributed by atoms with Crippen LogP contribution >= 0.6 is 0 Å². The van der Waals surface area contributed by atoms with Crippen molar-refractivity contribution in [2.75, 3.05) is 13.2 Å². The third kappa shape index (κ3) is 2.12. The van der Waals surface area contributed by atoms with Crippen molar-refractivity contribution in [2.24, 2.45) is 5.92 Å². The fourth-order valence-electron chi connectivity index (χ4n) is 1.52. The van der Waals surface area contributed by atoms with Crippen LogP contribution < -0.4 is 5.32 Å². The van der Waals surface area contributed by atoms with Gasteiger partial charge in [-0.2, -0.15) is 0 Å². The Morgan fingerprint density at radius 2 is 2.13 bits per heavy atom. The van der Waals surface area contributed by atoms with Crippen molar-refractivity contribution >= 4 is 11.9 Å². The summed E-state index contributed by atoms with van der Waals surface area (Å²) in [6.45, 7) is 5.62. The van der Waals surface area contributed by atoms with Crippen molar-refractivity contribution in [2.45, 2.75) is 32.7 Å². The van der Waals surface area contributed by atoms with Crippen LogP contribution in [0, 0.1) is 5.92 Å². The number of aliphatic hydroxyl groups is 1. The molecule has 1 aliphatic rings. The van der Waals surface area contributed by atoms with Crippen LogP contribution in [0.2, 0.25) is 0 Å². The van der Waals surface area contributed by atoms with E-state index in [1.165, 1.54) is 4.90 Å². The minimum atomic E-state index is -0.772. The number of hydrogen-bond donors (Lipinski definition) is 2. The second-order valence-electron chi connectivity index (χ2n) is 4.32. The van der Waals surface area contributed by atoms with Crippen LogP contribution in [0.15, 0.2) is 0 Å². The molecule has 0 saturated carbocycles. The van der Waals surface area contributed by atoms with Crippen LogP contribution in [-0.2, 0) is 4.79 Å². The highest BCUT2D eigenvalue weighted by atomic mass is 16.3. The van der Waals surface area contributed by atoms with Gasteiger partial charge >= 0.3 is 6.03 Å². The molecular weight excluding hydrogens is 196 g/mol. The molecule has 0 radical (unpaired) electrons. The molecule has 2 N–H and O–H groups in total. The summed E-state index contributed by atoms with van der Waals surface area (Å²) >= 11 is 0. The molecule has 2 atom stereocenters. The van der Waals surface area contributed by atoms with Crippen LogP contribution in [0.5, 0.6) is 0 Å². The molecule has 86 valence electrons. The van der Waals surface area contributed by atoms with E-state index < -0.39 is 5.54 Å². The summed E-state index contributed by atoms with van der Waals surface area (Å²) in [6.07, 6.45) is 0.571. The maximum Gasteiger partial charge on any atom is 0.325 e. The van der Waals surface area contributed by atoms with Gasteiger partial charge in [-0.1, -0.05) is 13.8 Å². The summed E-state index contributed by atoms with van der Waals surface area (Å²) in [7, 11) is 0. The molecule has 0 spiro atoms. The standard InChI is InChI=1S/C10H18N2O3/c1-4-10(3)8(14)12(9(15)11-10)5-7(2)6-13/h7,13H,4-6H2,1-3H3,(H,11,15). The van der Waals surface area contributed by atoms with Gasteiger partial charge in [0, 0.05) is 13.2 Å². The van der Waals surface area contributed by atoms with Crippen LogP contribution in [-0.4, -0.2) is 40.6 Å². The van der Waals surface area contributed by atoms with Gasteiger partial charge in [0.25, 0.3) is 5.91 Å². The Balaban J connectivity index is 2.76. The highest BCUT2D eigenvalue weighted by Crippen LogP contribution is 2.21. The lowest BCUT2D eigenvalue weighted by Gasteiger charge is -2.20. The lowest BCUT2D eigenvalue weighted by Crippen LogP contribution is -2.43. The van der Waals surface area contributed by atoms with E-state index in [9.17, 15) is 9.59 Å². The molecule has 0 aliphatic carbocycles. The van der Waals surface area contributed by atoms with E-state index in [0.29, 0.717) is 6.42 Å². The summed E-state index contributed by atoms with van der Waals surface area (Å²) in [4.78, 5) is 24.6. The number of urea groups is 1. The molecule has 1 rings (SSSR count). The first-order chi connectivity index (χ1) is 6.94. The minimum absolute atomic E-state index is 0.0279. The van der Waals surface area contributed by atoms with Crippen LogP contribution in [0.25, 0.3) is 0 Å². The Kier molecular flexibility index (Phi) is 3.34. The van der Waals surface area contributed by atoms with Crippen molar-refractivity contribution < 1.29 is 14.7 Å². The fraction of sp³-hybridized carbons (Fsp3) is 0.800. The third-order valence-electron chi connectivity index (χ3n) is 2.86. The van der Waals surface area contributed by atoms with E-state index in [-0.39, 0.29) is 31.0 Å². The first-order valence-corrected chi connectivity index (χ1v) is 5.19. The summed E-state index contributed by atoms with van der Waals surface area (Å²) in [5.74, 6) is -0.283. The van der Waals surface area contributed by atoms with Crippen molar-refractivity contribution in [3.05, 3.63) is 0 Å². The molecule has 1 heterocycles. The molecule has 1 saturated heterocycles. The first-order valence-electron chi connectivity index (χ1n) is 5.19. The van der Waals surface area contributed by atoms with Gasteiger partial charge in [0.15, 0.2) is 0 Å². The van der Waals surface area contributed by atoms with Crippen LogP contribution in [0.1, 0.15) is 27.2 Å². The Bertz CT molecular complexity index is 280. The molecule has 3 amide bonds. The van der Waals surface area contributed by atoms with E-state index in [2.05, 4.69) is 5.32 Å². The van der Waals surface area contributed by atoms with Crippen molar-refractivity contribution in [1.29, 1.82) is 0 Å². The SMILES string of the molecule is CCC1(C)NC(=O)N(CC(C)CO)C1=O. The van der Waals surface area contributed by atoms with Crippen LogP contribution in [0.3, 0.4) is 0 Å². The fourth-order valence-corrected chi connectivity index (χ4v) is 1.52. The normalized spacial score (nSPS) is 28.1. The molecule has 5 nitrogen and oxygen atoms in total. The van der Waals surface area contributed by atoms with Gasteiger partial charge in [0.05, 0.1) is 0 Å². The number of rotatable bonds is 4. The van der Waals surface area contributed by atoms with E-state index >= 15 is 0 Å². The Hall–Kier alpha value is -1.10. The second-order valence-corrected chi connectivity index (χ2v) is 4.32. The quantitative estimate of drug-likeness (QED) is 0.663. The smallest absolute Gasteiger partial charge is 0.325 e. The monoisotopic (exact) mass is 214 g/mol. The zero-order chi connectivity index (χ0) is 11.6. The largest absolute Gasteiger partial charge is 0.396 e. The zero-order valence-corrected chi connectivity index (χ0v) is 9.41. The Morgan fingerprint density at radius 1 is 1.53 bits per heavy atom. The molecular formula is C10H18N2O3. The molecule has 2 unspecified atom stereocenters. The van der Waals surface area contributed by atoms with E-state index in [1.54, 1.807) is 13.8 Å². The maximum absolute atomic E-state index is 11.9. The Labute approximate surface area is 89.4 Å². The number of imide groups is 1. The molecule has 1 aliphatic heterocycles. The predicted octanol–water partition coefficient (Wildman–Crippen LogP) is 0.335. The lowest BCUT2D eigenvalue weighted by atomic mass is 9.99. The van der Waals surface area contributed by atoms with Crippen LogP contribution in [0.4, 0.5) is 4.79 Å². The molecule has 1 fully saturated rings. The van der Waals surface area contributed by atoms with Gasteiger partial charge in [0.1, 0.15) is 5.54 Å². The van der Waals surface area contributed by atoms with E-state index in [0.717, 1.165) is 0 Å². The van der Waals surface area contributed by atoms with Crippen molar-refractivity contribution in [3.8, 4) is 0 Å². The van der Waals surface area contributed by atoms with E-state index in [4.69, 9.17) is 5.11 Å². The number of aliphatic hydroxyl groups excluding tert-OH is 1. The molecule has 0 aromatic carbocycles. The molecule has 0 aromatic heterocycles. The number of nitrogens with zero attached hydrogens (tertiary/aromatic N) is 1. The number of hydrogen-bond acceptors (Lipinski definition) is 3. The second kappa shape index (κ2) is 4.18. The van der Waals surface area contributed by atoms with Crippen molar-refractivity contribution in [1.82, 2.24) is 10.2 Å². The molecule has 0 bridgehead atoms. The average molecular weight is 214 g/mol. The van der Waals surface area contributed by atoms with Gasteiger partial charge in [-0.3, -0.25) is 9.69 Å². The summed E-state index contributed by atoms with van der Waals surface area (Å²) in [6, 6.07) is -0.357. The number of amides is 3. The highest BCUT2D eigenvalue weighted by Gasteiger charge is 2.46. The minimum Gasteiger partial charge on any atom is -0.396 e. The number of carbonyl (C=O) groups excluding carboxylic acids is 2. The first kappa shape index (κ1) is 12.0. The van der Waals surface area contributed by atoms with Crippen molar-refractivity contribution in [3.63, 3.8) is 0 Å². The number of nitrogens with one attached hydrogen (secondary N) is 1. The summed E-state index contributed by atoms with van der Waals surface area (Å²) in [5, 5.41) is 11.6. The molecule has 5 heteroatoms. The molecule has 0 aromatic rings. The van der Waals surface area contributed by atoms with Gasteiger partial charge in [-0.25, -0.2) is 4.79 Å². The van der Waals surface area contributed by atoms with E-state index in [1.807, 2.05) is 6.92 Å². The predicted molar refractivity (Wildman–Crippen MR) is 55.2 cm³/mol. The average Bonchev–Trinajstić information content (AvgIpc) is 2.42. The topological polar surface area (TPSA) is 69.6 Å². The third-order valence-corrected chi connectivity index (χ3v) is 2.86. The highest BCUT2D eigenvalue weighted by molar-refractivity contribution is 6.06. The summed E-state index contributed by atoms with van der Waals surface area (Å²) < 4.78 is 0. The number of carbonyl (C=O) groups is 2. The van der Waals surface area contributed by atoms with Gasteiger partial charge in [-0.05, 0) is 19.3 Å². The zero-order valence-electron chi connectivity index (χ0n) is 9.41. The molecule has 15 heavy (non-hydrogen) atoms. The van der Waals surface area contributed by atoms with Gasteiger partial charge < -0.3 is 10.4 Å².